The molecule has 3 aromatic carbocycles. The molecule has 0 radical (unpaired) electrons. The molecule has 0 atom stereocenters. The monoisotopic (exact) mass is 313 g/mol. The van der Waals surface area contributed by atoms with Crippen LogP contribution in [-0.4, -0.2) is 11.6 Å². The maximum absolute atomic E-state index is 12.1. The molecule has 4 nitrogen and oxygen atoms in total. The number of para-hydroxylation sites is 2. The van der Waals surface area contributed by atoms with Crippen LogP contribution in [0.25, 0.3) is 0 Å². The van der Waals surface area contributed by atoms with E-state index in [1.165, 1.54) is 0 Å². The molecule has 0 aromatic heterocycles. The maximum Gasteiger partial charge on any atom is 0.275 e. The number of anilines is 3. The molecule has 4 heteroatoms. The third-order valence-electron chi connectivity index (χ3n) is 3.82. The van der Waals surface area contributed by atoms with E-state index in [1.54, 1.807) is 0 Å². The lowest BCUT2D eigenvalue weighted by Crippen LogP contribution is -2.13. The average Bonchev–Trinajstić information content (AvgIpc) is 2.93. The Bertz CT molecular complexity index is 915. The Kier molecular flexibility index (Phi) is 3.56. The van der Waals surface area contributed by atoms with E-state index in [4.69, 9.17) is 0 Å². The minimum atomic E-state index is -0.164. The van der Waals surface area contributed by atoms with Gasteiger partial charge >= 0.3 is 0 Å². The number of nitrogens with zero attached hydrogens (tertiary/aromatic N) is 1. The van der Waals surface area contributed by atoms with E-state index < -0.39 is 0 Å². The van der Waals surface area contributed by atoms with Gasteiger partial charge < -0.3 is 10.6 Å². The molecule has 0 unspecified atom stereocenters. The Labute approximate surface area is 139 Å². The highest BCUT2D eigenvalue weighted by atomic mass is 16.2. The predicted molar refractivity (Wildman–Crippen MR) is 97.4 cm³/mol. The summed E-state index contributed by atoms with van der Waals surface area (Å²) in [5, 5.41) is 6.15. The highest BCUT2D eigenvalue weighted by molar-refractivity contribution is 6.54. The van der Waals surface area contributed by atoms with E-state index >= 15 is 0 Å². The summed E-state index contributed by atoms with van der Waals surface area (Å²) in [6.45, 7) is 0. The van der Waals surface area contributed by atoms with Gasteiger partial charge in [-0.05, 0) is 42.5 Å². The van der Waals surface area contributed by atoms with Gasteiger partial charge in [0.15, 0.2) is 0 Å². The largest absolute Gasteiger partial charge is 0.356 e. The second kappa shape index (κ2) is 6.01. The van der Waals surface area contributed by atoms with Gasteiger partial charge in [0.05, 0.1) is 11.4 Å². The van der Waals surface area contributed by atoms with Crippen LogP contribution in [0.2, 0.25) is 0 Å². The van der Waals surface area contributed by atoms with Gasteiger partial charge in [-0.3, -0.25) is 4.79 Å². The van der Waals surface area contributed by atoms with Crippen molar-refractivity contribution in [2.45, 2.75) is 0 Å². The van der Waals surface area contributed by atoms with Crippen LogP contribution in [0.4, 0.5) is 22.7 Å². The molecule has 1 amide bonds. The van der Waals surface area contributed by atoms with Crippen LogP contribution in [0.5, 0.6) is 0 Å². The summed E-state index contributed by atoms with van der Waals surface area (Å²) in [6, 6.07) is 25.2. The van der Waals surface area contributed by atoms with Gasteiger partial charge in [-0.1, -0.05) is 36.4 Å². The average molecular weight is 313 g/mol. The zero-order chi connectivity index (χ0) is 16.4. The van der Waals surface area contributed by atoms with Gasteiger partial charge in [0.1, 0.15) is 5.71 Å². The van der Waals surface area contributed by atoms with Crippen molar-refractivity contribution in [2.24, 2.45) is 4.99 Å². The normalized spacial score (nSPS) is 14.3. The second-order valence-electron chi connectivity index (χ2n) is 5.50. The second-order valence-corrected chi connectivity index (χ2v) is 5.50. The van der Waals surface area contributed by atoms with Crippen molar-refractivity contribution in [3.8, 4) is 0 Å². The number of amides is 1. The molecule has 116 valence electrons. The smallest absolute Gasteiger partial charge is 0.275 e. The van der Waals surface area contributed by atoms with Gasteiger partial charge in [0.25, 0.3) is 5.91 Å². The van der Waals surface area contributed by atoms with E-state index in [2.05, 4.69) is 15.6 Å². The number of carbonyl (C=O) groups excluding carboxylic acids is 1. The molecule has 1 aliphatic heterocycles. The molecular weight excluding hydrogens is 298 g/mol. The van der Waals surface area contributed by atoms with Crippen molar-refractivity contribution in [1.29, 1.82) is 0 Å². The van der Waals surface area contributed by atoms with Gasteiger partial charge in [-0.25, -0.2) is 4.99 Å². The predicted octanol–water partition coefficient (Wildman–Crippen LogP) is 4.50. The Hall–Kier alpha value is -3.40. The van der Waals surface area contributed by atoms with Gasteiger partial charge in [-0.15, -0.1) is 0 Å². The van der Waals surface area contributed by atoms with Crippen molar-refractivity contribution in [3.63, 3.8) is 0 Å². The highest BCUT2D eigenvalue weighted by Crippen LogP contribution is 2.26. The fourth-order valence-corrected chi connectivity index (χ4v) is 2.65. The third-order valence-corrected chi connectivity index (χ3v) is 3.82. The Morgan fingerprint density at radius 2 is 1.42 bits per heavy atom. The van der Waals surface area contributed by atoms with E-state index in [0.717, 1.165) is 28.3 Å². The lowest BCUT2D eigenvalue weighted by atomic mass is 10.1. The Balaban J connectivity index is 1.59. The maximum atomic E-state index is 12.1. The number of rotatable bonds is 3. The summed E-state index contributed by atoms with van der Waals surface area (Å²) < 4.78 is 0. The van der Waals surface area contributed by atoms with Crippen LogP contribution in [-0.2, 0) is 4.79 Å². The molecule has 0 saturated heterocycles. The molecule has 0 saturated carbocycles. The van der Waals surface area contributed by atoms with E-state index in [-0.39, 0.29) is 5.91 Å². The molecule has 1 aliphatic rings. The minimum absolute atomic E-state index is 0.164. The van der Waals surface area contributed by atoms with E-state index in [9.17, 15) is 4.79 Å². The third kappa shape index (κ3) is 2.77. The van der Waals surface area contributed by atoms with E-state index in [0.29, 0.717) is 5.71 Å². The summed E-state index contributed by atoms with van der Waals surface area (Å²) in [7, 11) is 0. The quantitative estimate of drug-likeness (QED) is 0.748. The number of nitrogens with one attached hydrogen (secondary N) is 2. The minimum Gasteiger partial charge on any atom is -0.356 e. The summed E-state index contributed by atoms with van der Waals surface area (Å²) in [6.07, 6.45) is 0. The van der Waals surface area contributed by atoms with Gasteiger partial charge in [0.2, 0.25) is 0 Å². The van der Waals surface area contributed by atoms with Crippen LogP contribution < -0.4 is 10.6 Å². The first-order valence-electron chi connectivity index (χ1n) is 7.71. The van der Waals surface area contributed by atoms with Crippen LogP contribution in [0.1, 0.15) is 5.56 Å². The van der Waals surface area contributed by atoms with Crippen LogP contribution in [0, 0.1) is 0 Å². The first-order chi connectivity index (χ1) is 11.8. The first kappa shape index (κ1) is 14.2. The fraction of sp³-hybridized carbons (Fsp3) is 0. The van der Waals surface area contributed by atoms with Crippen molar-refractivity contribution >= 4 is 34.4 Å². The molecule has 4 rings (SSSR count). The molecule has 0 aliphatic carbocycles. The summed E-state index contributed by atoms with van der Waals surface area (Å²) >= 11 is 0. The molecule has 0 fully saturated rings. The number of hydrogen-bond donors (Lipinski definition) is 2. The molecule has 2 N–H and O–H groups in total. The Morgan fingerprint density at radius 1 is 0.750 bits per heavy atom. The van der Waals surface area contributed by atoms with Crippen molar-refractivity contribution in [1.82, 2.24) is 0 Å². The topological polar surface area (TPSA) is 53.5 Å². The molecule has 0 bridgehead atoms. The number of carbonyl (C=O) groups is 1. The molecule has 3 aromatic rings. The lowest BCUT2D eigenvalue weighted by Gasteiger charge is -2.06. The van der Waals surface area contributed by atoms with Crippen molar-refractivity contribution in [3.05, 3.63) is 84.4 Å². The molecule has 1 heterocycles. The Morgan fingerprint density at radius 3 is 2.21 bits per heavy atom. The molecular formula is C20H15N3O. The zero-order valence-corrected chi connectivity index (χ0v) is 12.9. The number of benzene rings is 3. The summed E-state index contributed by atoms with van der Waals surface area (Å²) in [4.78, 5) is 16.6. The van der Waals surface area contributed by atoms with Crippen LogP contribution in [0.15, 0.2) is 83.9 Å². The first-order valence-corrected chi connectivity index (χ1v) is 7.71. The number of aliphatic imine (C=N–C) groups is 1. The SMILES string of the molecule is O=C1Nc2ccccc2C1=Nc1ccc(Nc2ccccc2)cc1. The van der Waals surface area contributed by atoms with Crippen LogP contribution in [0.3, 0.4) is 0 Å². The van der Waals surface area contributed by atoms with Gasteiger partial charge in [-0.2, -0.15) is 0 Å². The molecule has 0 spiro atoms. The zero-order valence-electron chi connectivity index (χ0n) is 12.9. The van der Waals surface area contributed by atoms with Crippen LogP contribution >= 0.6 is 0 Å². The number of fused-ring (bicyclic) bond motifs is 1. The fourth-order valence-electron chi connectivity index (χ4n) is 2.65. The summed E-state index contributed by atoms with van der Waals surface area (Å²) in [5.41, 5.74) is 4.85. The van der Waals surface area contributed by atoms with Crippen molar-refractivity contribution in [2.75, 3.05) is 10.6 Å². The van der Waals surface area contributed by atoms with Gasteiger partial charge in [0, 0.05) is 16.9 Å². The highest BCUT2D eigenvalue weighted by Gasteiger charge is 2.25. The summed E-state index contributed by atoms with van der Waals surface area (Å²) in [5.74, 6) is -0.164. The lowest BCUT2D eigenvalue weighted by molar-refractivity contribution is -0.110. The number of hydrogen-bond acceptors (Lipinski definition) is 3. The van der Waals surface area contributed by atoms with Crippen molar-refractivity contribution < 1.29 is 4.79 Å². The molecule has 24 heavy (non-hydrogen) atoms. The standard InChI is InChI=1S/C20H15N3O/c24-20-19(17-8-4-5-9-18(17)23-20)22-16-12-10-15(11-13-16)21-14-6-2-1-3-7-14/h1-13,21H,(H,22,23,24). The van der Waals surface area contributed by atoms with E-state index in [1.807, 2.05) is 78.9 Å².